The molecule has 2 unspecified atom stereocenters. The average molecular weight is 329 g/mol. The molecule has 128 valence electrons. The number of nitrogens with one attached hydrogen (secondary N) is 2. The molecule has 3 rings (SSSR count). The quantitative estimate of drug-likeness (QED) is 0.909. The van der Waals surface area contributed by atoms with Gasteiger partial charge >= 0.3 is 6.03 Å². The number of carbonyl (C=O) groups excluding carboxylic acids is 2. The number of hydrogen-bond donors (Lipinski definition) is 2. The van der Waals surface area contributed by atoms with Crippen LogP contribution in [-0.2, 0) is 4.79 Å². The Labute approximate surface area is 141 Å². The van der Waals surface area contributed by atoms with E-state index < -0.39 is 0 Å². The maximum atomic E-state index is 12.2. The van der Waals surface area contributed by atoms with E-state index in [-0.39, 0.29) is 24.0 Å². The minimum atomic E-state index is -0.241. The lowest BCUT2D eigenvalue weighted by Gasteiger charge is -2.30. The smallest absolute Gasteiger partial charge is 0.315 e. The monoisotopic (exact) mass is 329 g/mol. The maximum Gasteiger partial charge on any atom is 0.315 e. The number of para-hydroxylation sites is 1. The molecule has 2 heterocycles. The van der Waals surface area contributed by atoms with Gasteiger partial charge in [-0.25, -0.2) is 4.79 Å². The molecule has 6 heteroatoms. The largest absolute Gasteiger partial charge is 0.459 e. The molecule has 1 aliphatic rings. The SMILES string of the molecule is Cc1c(C(C)NC(=O)NC2CCC(=O)N(C)C2)oc2ccccc12. The molecule has 1 saturated heterocycles. The second-order valence-corrected chi connectivity index (χ2v) is 6.44. The number of likely N-dealkylation sites (N-methyl/N-ethyl adjacent to an activating group) is 1. The fraction of sp³-hybridized carbons (Fsp3) is 0.444. The molecule has 2 atom stereocenters. The summed E-state index contributed by atoms with van der Waals surface area (Å²) in [5.74, 6) is 0.891. The number of furan rings is 1. The predicted molar refractivity (Wildman–Crippen MR) is 91.7 cm³/mol. The predicted octanol–water partition coefficient (Wildman–Crippen LogP) is 2.72. The maximum absolute atomic E-state index is 12.2. The number of benzene rings is 1. The van der Waals surface area contributed by atoms with Gasteiger partial charge in [0.25, 0.3) is 0 Å². The van der Waals surface area contributed by atoms with Gasteiger partial charge in [0.2, 0.25) is 5.91 Å². The van der Waals surface area contributed by atoms with Crippen molar-refractivity contribution in [3.05, 3.63) is 35.6 Å². The highest BCUT2D eigenvalue weighted by Gasteiger charge is 2.25. The Morgan fingerprint density at radius 3 is 2.83 bits per heavy atom. The Bertz CT molecular complexity index is 768. The lowest BCUT2D eigenvalue weighted by molar-refractivity contribution is -0.132. The van der Waals surface area contributed by atoms with Crippen molar-refractivity contribution >= 4 is 22.9 Å². The Balaban J connectivity index is 1.63. The number of fused-ring (bicyclic) bond motifs is 1. The molecule has 2 N–H and O–H groups in total. The summed E-state index contributed by atoms with van der Waals surface area (Å²) in [6, 6.07) is 7.35. The number of piperidine rings is 1. The van der Waals surface area contributed by atoms with Crippen molar-refractivity contribution < 1.29 is 14.0 Å². The molecule has 3 amide bonds. The van der Waals surface area contributed by atoms with Gasteiger partial charge in [0, 0.05) is 37.0 Å². The van der Waals surface area contributed by atoms with Gasteiger partial charge in [-0.15, -0.1) is 0 Å². The first kappa shape index (κ1) is 16.4. The highest BCUT2D eigenvalue weighted by Crippen LogP contribution is 2.29. The topological polar surface area (TPSA) is 74.6 Å². The second kappa shape index (κ2) is 6.55. The first-order valence-corrected chi connectivity index (χ1v) is 8.24. The highest BCUT2D eigenvalue weighted by atomic mass is 16.3. The first-order valence-electron chi connectivity index (χ1n) is 8.24. The molecule has 1 aliphatic heterocycles. The molecule has 1 aromatic heterocycles. The van der Waals surface area contributed by atoms with E-state index in [4.69, 9.17) is 4.42 Å². The van der Waals surface area contributed by atoms with Gasteiger partial charge in [0.15, 0.2) is 0 Å². The van der Waals surface area contributed by atoms with Crippen LogP contribution in [0.25, 0.3) is 11.0 Å². The summed E-state index contributed by atoms with van der Waals surface area (Å²) in [6.07, 6.45) is 1.15. The van der Waals surface area contributed by atoms with Gasteiger partial charge < -0.3 is 20.0 Å². The summed E-state index contributed by atoms with van der Waals surface area (Å²) in [5.41, 5.74) is 1.87. The van der Waals surface area contributed by atoms with E-state index in [0.29, 0.717) is 19.4 Å². The molecule has 1 fully saturated rings. The molecule has 2 aromatic rings. The number of nitrogens with zero attached hydrogens (tertiary/aromatic N) is 1. The van der Waals surface area contributed by atoms with E-state index in [1.165, 1.54) is 0 Å². The van der Waals surface area contributed by atoms with Crippen molar-refractivity contribution in [3.63, 3.8) is 0 Å². The van der Waals surface area contributed by atoms with Crippen LogP contribution in [-0.4, -0.2) is 36.5 Å². The van der Waals surface area contributed by atoms with E-state index in [9.17, 15) is 9.59 Å². The minimum Gasteiger partial charge on any atom is -0.459 e. The lowest BCUT2D eigenvalue weighted by Crippen LogP contribution is -2.51. The van der Waals surface area contributed by atoms with Gasteiger partial charge in [0.1, 0.15) is 11.3 Å². The van der Waals surface area contributed by atoms with E-state index in [0.717, 1.165) is 22.3 Å². The summed E-state index contributed by atoms with van der Waals surface area (Å²) < 4.78 is 5.89. The van der Waals surface area contributed by atoms with Crippen LogP contribution < -0.4 is 10.6 Å². The fourth-order valence-corrected chi connectivity index (χ4v) is 3.23. The van der Waals surface area contributed by atoms with Gasteiger partial charge in [-0.1, -0.05) is 18.2 Å². The Morgan fingerprint density at radius 2 is 2.12 bits per heavy atom. The normalized spacial score (nSPS) is 19.4. The van der Waals surface area contributed by atoms with Crippen molar-refractivity contribution in [2.24, 2.45) is 0 Å². The third-order valence-corrected chi connectivity index (χ3v) is 4.58. The lowest BCUT2D eigenvalue weighted by atomic mass is 10.1. The zero-order chi connectivity index (χ0) is 17.3. The number of amides is 3. The van der Waals surface area contributed by atoms with Crippen LogP contribution in [0.1, 0.15) is 37.1 Å². The Kier molecular flexibility index (Phi) is 4.46. The average Bonchev–Trinajstić information content (AvgIpc) is 2.88. The van der Waals surface area contributed by atoms with Crippen molar-refractivity contribution in [1.82, 2.24) is 15.5 Å². The molecule has 1 aromatic carbocycles. The Morgan fingerprint density at radius 1 is 1.38 bits per heavy atom. The van der Waals surface area contributed by atoms with Gasteiger partial charge in [-0.05, 0) is 26.3 Å². The number of carbonyl (C=O) groups is 2. The molecule has 0 aliphatic carbocycles. The van der Waals surface area contributed by atoms with Gasteiger partial charge in [0.05, 0.1) is 6.04 Å². The van der Waals surface area contributed by atoms with Crippen LogP contribution in [0, 0.1) is 6.92 Å². The van der Waals surface area contributed by atoms with Crippen molar-refractivity contribution in [2.75, 3.05) is 13.6 Å². The van der Waals surface area contributed by atoms with E-state index in [1.54, 1.807) is 11.9 Å². The minimum absolute atomic E-state index is 0.0170. The molecule has 0 radical (unpaired) electrons. The van der Waals surface area contributed by atoms with Crippen LogP contribution in [0.4, 0.5) is 4.79 Å². The van der Waals surface area contributed by atoms with Gasteiger partial charge in [-0.3, -0.25) is 4.79 Å². The highest BCUT2D eigenvalue weighted by molar-refractivity contribution is 5.82. The van der Waals surface area contributed by atoms with Crippen LogP contribution in [0.5, 0.6) is 0 Å². The molecular weight excluding hydrogens is 306 g/mol. The second-order valence-electron chi connectivity index (χ2n) is 6.44. The van der Waals surface area contributed by atoms with E-state index >= 15 is 0 Å². The van der Waals surface area contributed by atoms with E-state index in [2.05, 4.69) is 10.6 Å². The molecule has 0 spiro atoms. The number of aryl methyl sites for hydroxylation is 1. The summed E-state index contributed by atoms with van der Waals surface area (Å²) in [5, 5.41) is 6.93. The molecular formula is C18H23N3O3. The summed E-state index contributed by atoms with van der Waals surface area (Å²) >= 11 is 0. The Hall–Kier alpha value is -2.50. The molecule has 24 heavy (non-hydrogen) atoms. The molecule has 6 nitrogen and oxygen atoms in total. The van der Waals surface area contributed by atoms with Gasteiger partial charge in [-0.2, -0.15) is 0 Å². The van der Waals surface area contributed by atoms with Crippen LogP contribution in [0.15, 0.2) is 28.7 Å². The fourth-order valence-electron chi connectivity index (χ4n) is 3.23. The zero-order valence-electron chi connectivity index (χ0n) is 14.3. The third-order valence-electron chi connectivity index (χ3n) is 4.58. The van der Waals surface area contributed by atoms with Crippen molar-refractivity contribution in [1.29, 1.82) is 0 Å². The number of rotatable bonds is 3. The summed E-state index contributed by atoms with van der Waals surface area (Å²) in [7, 11) is 1.76. The third kappa shape index (κ3) is 3.22. The van der Waals surface area contributed by atoms with Crippen LogP contribution in [0.2, 0.25) is 0 Å². The molecule has 0 bridgehead atoms. The number of hydrogen-bond acceptors (Lipinski definition) is 3. The van der Waals surface area contributed by atoms with Crippen molar-refractivity contribution in [3.8, 4) is 0 Å². The number of likely N-dealkylation sites (tertiary alicyclic amines) is 1. The molecule has 0 saturated carbocycles. The van der Waals surface area contributed by atoms with Crippen LogP contribution in [0.3, 0.4) is 0 Å². The summed E-state index contributed by atoms with van der Waals surface area (Å²) in [6.45, 7) is 4.45. The van der Waals surface area contributed by atoms with E-state index in [1.807, 2.05) is 38.1 Å². The van der Waals surface area contributed by atoms with Crippen molar-refractivity contribution in [2.45, 2.75) is 38.8 Å². The zero-order valence-corrected chi connectivity index (χ0v) is 14.3. The van der Waals surface area contributed by atoms with Crippen LogP contribution >= 0.6 is 0 Å². The number of urea groups is 1. The summed E-state index contributed by atoms with van der Waals surface area (Å²) in [4.78, 5) is 25.4. The standard InChI is InChI=1S/C18H23N3O3/c1-11-14-6-4-5-7-15(14)24-17(11)12(2)19-18(23)20-13-8-9-16(22)21(3)10-13/h4-7,12-13H,8-10H2,1-3H3,(H2,19,20,23). The first-order chi connectivity index (χ1) is 11.5.